The lowest BCUT2D eigenvalue weighted by Crippen LogP contribution is -2.44. The number of unbranched alkanes of at least 4 members (excludes halogenated alkanes) is 22. The fourth-order valence-electron chi connectivity index (χ4n) is 7.85. The van der Waals surface area contributed by atoms with Crippen molar-refractivity contribution in [3.63, 3.8) is 0 Å². The van der Waals surface area contributed by atoms with E-state index in [9.17, 15) is 19.5 Å². The highest BCUT2D eigenvalue weighted by Crippen LogP contribution is 2.15. The summed E-state index contributed by atoms with van der Waals surface area (Å²) in [5.41, 5.74) is 0. The van der Waals surface area contributed by atoms with Gasteiger partial charge in [0.05, 0.1) is 40.3 Å². The van der Waals surface area contributed by atoms with Crippen LogP contribution in [0.15, 0.2) is 97.2 Å². The molecule has 418 valence electrons. The fourth-order valence-corrected chi connectivity index (χ4v) is 7.85. The molecule has 0 spiro atoms. The Bertz CT molecular complexity index is 1520. The van der Waals surface area contributed by atoms with Crippen LogP contribution < -0.4 is 5.11 Å². The number of likely N-dealkylation sites (N-methyl/N-ethyl adjacent to an activating group) is 1. The van der Waals surface area contributed by atoms with E-state index in [1.54, 1.807) is 0 Å². The smallest absolute Gasteiger partial charge is 0.306 e. The van der Waals surface area contributed by atoms with E-state index in [2.05, 4.69) is 111 Å². The number of hydrogen-bond donors (Lipinski definition) is 0. The molecule has 0 rings (SSSR count). The number of carbonyl (C=O) groups is 3. The molecule has 0 saturated heterocycles. The summed E-state index contributed by atoms with van der Waals surface area (Å²) in [5, 5.41) is 11.8. The minimum Gasteiger partial charge on any atom is -0.545 e. The lowest BCUT2D eigenvalue weighted by Gasteiger charge is -2.26. The molecule has 0 N–H and O–H groups in total. The molecule has 0 aromatic heterocycles. The molecule has 0 saturated carbocycles. The Hall–Kier alpha value is -3.79. The summed E-state index contributed by atoms with van der Waals surface area (Å²) in [4.78, 5) is 37.2. The highest BCUT2D eigenvalue weighted by molar-refractivity contribution is 5.70. The Morgan fingerprint density at radius 2 is 0.781 bits per heavy atom. The molecule has 2 atom stereocenters. The van der Waals surface area contributed by atoms with Crippen molar-refractivity contribution in [1.29, 1.82) is 0 Å². The molecule has 9 nitrogen and oxygen atoms in total. The molecule has 0 aromatic rings. The van der Waals surface area contributed by atoms with Crippen molar-refractivity contribution in [3.8, 4) is 0 Å². The summed E-state index contributed by atoms with van der Waals surface area (Å²) in [6, 6.07) is 0. The van der Waals surface area contributed by atoms with Crippen molar-refractivity contribution < 1.29 is 42.9 Å². The quantitative estimate of drug-likeness (QED) is 0.0195. The zero-order chi connectivity index (χ0) is 53.4. The van der Waals surface area contributed by atoms with Gasteiger partial charge in [-0.05, 0) is 77.0 Å². The highest BCUT2D eigenvalue weighted by Gasteiger charge is 2.22. The molecule has 9 heteroatoms. The van der Waals surface area contributed by atoms with Crippen LogP contribution in [0.3, 0.4) is 0 Å². The molecule has 0 aliphatic carbocycles. The van der Waals surface area contributed by atoms with E-state index in [1.165, 1.54) is 103 Å². The van der Waals surface area contributed by atoms with Crippen LogP contribution in [0.25, 0.3) is 0 Å². The monoisotopic (exact) mass is 1020 g/mol. The van der Waals surface area contributed by atoms with Gasteiger partial charge in [-0.3, -0.25) is 9.59 Å². The van der Waals surface area contributed by atoms with E-state index in [0.29, 0.717) is 23.9 Å². The van der Waals surface area contributed by atoms with Gasteiger partial charge < -0.3 is 33.3 Å². The summed E-state index contributed by atoms with van der Waals surface area (Å²) in [6.45, 7) is 4.62. The number of allylic oxidation sites excluding steroid dienone is 16. The third-order valence-electron chi connectivity index (χ3n) is 12.3. The second-order valence-corrected chi connectivity index (χ2v) is 20.6. The normalized spacial score (nSPS) is 13.5. The predicted octanol–water partition coefficient (Wildman–Crippen LogP) is 16.0. The van der Waals surface area contributed by atoms with Crippen LogP contribution in [0.5, 0.6) is 0 Å². The fraction of sp³-hybridized carbons (Fsp3) is 0.703. The largest absolute Gasteiger partial charge is 0.545 e. The van der Waals surface area contributed by atoms with Crippen molar-refractivity contribution >= 4 is 17.9 Å². The van der Waals surface area contributed by atoms with Crippen LogP contribution in [0, 0.1) is 0 Å². The molecule has 0 aliphatic rings. The molecule has 0 aromatic carbocycles. The molecule has 0 heterocycles. The minimum absolute atomic E-state index is 0.144. The lowest BCUT2D eigenvalue weighted by molar-refractivity contribution is -0.870. The van der Waals surface area contributed by atoms with Crippen molar-refractivity contribution in [2.24, 2.45) is 0 Å². The summed E-state index contributed by atoms with van der Waals surface area (Å²) in [5.74, 6) is -2.29. The first-order chi connectivity index (χ1) is 35.6. The van der Waals surface area contributed by atoms with Crippen LogP contribution in [-0.4, -0.2) is 82.3 Å². The number of rotatable bonds is 53. The first-order valence-electron chi connectivity index (χ1n) is 29.4. The van der Waals surface area contributed by atoms with E-state index in [4.69, 9.17) is 18.9 Å². The summed E-state index contributed by atoms with van der Waals surface area (Å²) < 4.78 is 22.7. The average Bonchev–Trinajstić information content (AvgIpc) is 3.36. The molecular formula is C64H109NO8. The zero-order valence-corrected chi connectivity index (χ0v) is 47.5. The van der Waals surface area contributed by atoms with Crippen LogP contribution in [0.2, 0.25) is 0 Å². The van der Waals surface area contributed by atoms with E-state index in [1.807, 2.05) is 21.1 Å². The lowest BCUT2D eigenvalue weighted by atomic mass is 10.0. The molecule has 0 amide bonds. The van der Waals surface area contributed by atoms with Gasteiger partial charge in [0, 0.05) is 12.8 Å². The van der Waals surface area contributed by atoms with Gasteiger partial charge in [0.1, 0.15) is 13.2 Å². The topological polar surface area (TPSA) is 111 Å². The number of carboxylic acids is 1. The van der Waals surface area contributed by atoms with Gasteiger partial charge in [-0.2, -0.15) is 0 Å². The Morgan fingerprint density at radius 3 is 1.16 bits per heavy atom. The third-order valence-corrected chi connectivity index (χ3v) is 12.3. The van der Waals surface area contributed by atoms with Gasteiger partial charge in [0.2, 0.25) is 0 Å². The number of quaternary nitrogens is 1. The van der Waals surface area contributed by atoms with E-state index < -0.39 is 24.3 Å². The average molecular weight is 1020 g/mol. The van der Waals surface area contributed by atoms with Gasteiger partial charge in [-0.1, -0.05) is 239 Å². The maximum atomic E-state index is 12.9. The number of nitrogens with zero attached hydrogens (tertiary/aromatic N) is 1. The SMILES string of the molecule is CC/C=C\C/C=C\C/C=C\C/C=C\C/C=C\C/C=C\C/C=C\C/C=C\CCCCCCCCCCCCC(=O)OC(COC(=O)CCCCCCCCCCCCCCC)COC(OCC[N+](C)(C)C)C(=O)[O-]. The molecule has 0 bridgehead atoms. The van der Waals surface area contributed by atoms with Gasteiger partial charge in [-0.15, -0.1) is 0 Å². The first-order valence-corrected chi connectivity index (χ1v) is 29.4. The van der Waals surface area contributed by atoms with Gasteiger partial charge >= 0.3 is 11.9 Å². The Labute approximate surface area is 448 Å². The molecule has 73 heavy (non-hydrogen) atoms. The number of aliphatic carboxylic acids is 1. The predicted molar refractivity (Wildman–Crippen MR) is 306 cm³/mol. The van der Waals surface area contributed by atoms with Gasteiger partial charge in [-0.25, -0.2) is 0 Å². The Morgan fingerprint density at radius 1 is 0.425 bits per heavy atom. The summed E-state index contributed by atoms with van der Waals surface area (Å²) >= 11 is 0. The number of carboxylic acid groups (broad SMARTS) is 1. The van der Waals surface area contributed by atoms with E-state index >= 15 is 0 Å². The zero-order valence-electron chi connectivity index (χ0n) is 47.5. The van der Waals surface area contributed by atoms with Crippen LogP contribution in [0.1, 0.15) is 232 Å². The summed E-state index contributed by atoms with van der Waals surface area (Å²) in [7, 11) is 5.91. The molecule has 0 aliphatic heterocycles. The Kier molecular flexibility index (Phi) is 51.6. The number of esters is 2. The van der Waals surface area contributed by atoms with Crippen molar-refractivity contribution in [2.75, 3.05) is 47.5 Å². The highest BCUT2D eigenvalue weighted by atomic mass is 16.7. The van der Waals surface area contributed by atoms with E-state index in [-0.39, 0.29) is 32.2 Å². The summed E-state index contributed by atoms with van der Waals surface area (Å²) in [6.07, 6.45) is 70.3. The maximum absolute atomic E-state index is 12.9. The van der Waals surface area contributed by atoms with Crippen LogP contribution >= 0.6 is 0 Å². The van der Waals surface area contributed by atoms with Crippen LogP contribution in [-0.2, 0) is 33.3 Å². The third kappa shape index (κ3) is 55.8. The molecular weight excluding hydrogens is 911 g/mol. The maximum Gasteiger partial charge on any atom is 0.306 e. The second kappa shape index (κ2) is 54.5. The molecule has 0 fully saturated rings. The Balaban J connectivity index is 4.17. The van der Waals surface area contributed by atoms with Gasteiger partial charge in [0.15, 0.2) is 12.4 Å². The second-order valence-electron chi connectivity index (χ2n) is 20.6. The van der Waals surface area contributed by atoms with Crippen molar-refractivity contribution in [3.05, 3.63) is 97.2 Å². The van der Waals surface area contributed by atoms with Gasteiger partial charge in [0.25, 0.3) is 0 Å². The number of hydrogen-bond acceptors (Lipinski definition) is 8. The number of carbonyl (C=O) groups excluding carboxylic acids is 3. The van der Waals surface area contributed by atoms with Crippen LogP contribution in [0.4, 0.5) is 0 Å². The standard InChI is InChI=1S/C64H109NO8/c1-6-8-10-12-14-16-18-20-21-22-23-24-25-26-27-28-29-30-31-32-33-34-35-36-37-38-39-40-41-43-45-47-49-51-53-55-62(67)73-60(59-72-64(63(68)69)70-57-56-65(3,4)5)58-71-61(66)54-52-50-48-46-44-42-19-17-15-13-11-9-7-2/h8,10,14,16,20-21,23-24,26-27,29-30,32-33,35-36,60,64H,6-7,9,11-13,15,17-19,22,25,28,31,34,37-59H2,1-5H3/b10-8-,16-14-,21-20-,24-23-,27-26-,30-29-,33-32-,36-35-. The first kappa shape index (κ1) is 69.2. The van der Waals surface area contributed by atoms with E-state index in [0.717, 1.165) is 96.3 Å². The minimum atomic E-state index is -1.62. The van der Waals surface area contributed by atoms with Crippen molar-refractivity contribution in [2.45, 2.75) is 245 Å². The number of ether oxygens (including phenoxy) is 4. The molecule has 0 radical (unpaired) electrons. The van der Waals surface area contributed by atoms with Crippen molar-refractivity contribution in [1.82, 2.24) is 0 Å². The molecule has 2 unspecified atom stereocenters.